The second-order valence-electron chi connectivity index (χ2n) is 5.64. The van der Waals surface area contributed by atoms with E-state index in [-0.39, 0.29) is 18.5 Å². The van der Waals surface area contributed by atoms with Gasteiger partial charge in [0.2, 0.25) is 0 Å². The fraction of sp³-hybridized carbons (Fsp3) is 0.846. The number of hydrogen-bond donors (Lipinski definition) is 0. The summed E-state index contributed by atoms with van der Waals surface area (Å²) < 4.78 is 17.4. The second kappa shape index (κ2) is 3.31. The first-order valence-corrected chi connectivity index (χ1v) is 6.40. The lowest BCUT2D eigenvalue weighted by Gasteiger charge is -2.29. The maximum absolute atomic E-state index is 6.01. The summed E-state index contributed by atoms with van der Waals surface area (Å²) in [7, 11) is 0. The lowest BCUT2D eigenvalue weighted by Crippen LogP contribution is -2.32. The Morgan fingerprint density at radius 2 is 1.69 bits per heavy atom. The van der Waals surface area contributed by atoms with Crippen molar-refractivity contribution >= 4 is 0 Å². The van der Waals surface area contributed by atoms with Gasteiger partial charge in [0.15, 0.2) is 6.29 Å². The minimum absolute atomic E-state index is 0.0221. The van der Waals surface area contributed by atoms with Gasteiger partial charge in [-0.2, -0.15) is 0 Å². The summed E-state index contributed by atoms with van der Waals surface area (Å²) in [5.74, 6) is 2.73. The highest BCUT2D eigenvalue weighted by Gasteiger charge is 2.51. The van der Waals surface area contributed by atoms with Gasteiger partial charge in [0, 0.05) is 5.92 Å². The van der Waals surface area contributed by atoms with E-state index in [4.69, 9.17) is 14.2 Å². The van der Waals surface area contributed by atoms with Gasteiger partial charge in [-0.05, 0) is 24.2 Å². The summed E-state index contributed by atoms with van der Waals surface area (Å²) in [6, 6.07) is 0. The molecule has 7 atom stereocenters. The molecule has 2 aliphatic heterocycles. The van der Waals surface area contributed by atoms with Crippen molar-refractivity contribution in [2.45, 2.75) is 31.8 Å². The quantitative estimate of drug-likeness (QED) is 0.630. The zero-order chi connectivity index (χ0) is 10.7. The maximum atomic E-state index is 6.01. The Hall–Kier alpha value is -0.380. The Balaban J connectivity index is 1.53. The molecule has 16 heavy (non-hydrogen) atoms. The number of ether oxygens (including phenoxy) is 3. The SMILES string of the molecule is C[C@@H]1[C@@H](C2O[C@H]3COC[C@H]3O2)[C@H]2C=C[C@@H]1C2. The summed E-state index contributed by atoms with van der Waals surface area (Å²) in [5.41, 5.74) is 0. The summed E-state index contributed by atoms with van der Waals surface area (Å²) in [5, 5.41) is 0. The molecule has 3 nitrogen and oxygen atoms in total. The fourth-order valence-corrected chi connectivity index (χ4v) is 3.88. The standard InChI is InChI=1S/C13H18O3/c1-7-8-2-3-9(4-8)12(7)13-15-10-5-14-6-11(10)16-13/h2-3,7-13H,4-6H2,1H3/t7-,8+,9-,10-,11+,12+,13?/m0/s1. The van der Waals surface area contributed by atoms with Gasteiger partial charge in [0.05, 0.1) is 13.2 Å². The molecule has 3 fully saturated rings. The zero-order valence-electron chi connectivity index (χ0n) is 9.54. The van der Waals surface area contributed by atoms with Crippen molar-refractivity contribution < 1.29 is 14.2 Å². The predicted octanol–water partition coefficient (Wildman–Crippen LogP) is 1.58. The number of hydrogen-bond acceptors (Lipinski definition) is 3. The van der Waals surface area contributed by atoms with Crippen molar-refractivity contribution in [2.24, 2.45) is 23.7 Å². The van der Waals surface area contributed by atoms with E-state index in [1.807, 2.05) is 0 Å². The number of fused-ring (bicyclic) bond motifs is 3. The Kier molecular flexibility index (Phi) is 1.99. The maximum Gasteiger partial charge on any atom is 0.162 e. The first kappa shape index (κ1) is 9.63. The molecule has 0 amide bonds. The van der Waals surface area contributed by atoms with Gasteiger partial charge in [-0.15, -0.1) is 0 Å². The third kappa shape index (κ3) is 1.19. The van der Waals surface area contributed by atoms with Crippen LogP contribution in [0, 0.1) is 23.7 Å². The third-order valence-corrected chi connectivity index (χ3v) is 4.84. The normalized spacial score (nSPS) is 58.4. The average molecular weight is 222 g/mol. The molecule has 2 bridgehead atoms. The summed E-state index contributed by atoms with van der Waals surface area (Å²) in [6.07, 6.45) is 6.47. The molecule has 4 aliphatic rings. The molecule has 88 valence electrons. The van der Waals surface area contributed by atoms with Crippen LogP contribution in [0.25, 0.3) is 0 Å². The molecule has 0 aromatic heterocycles. The molecule has 2 heterocycles. The van der Waals surface area contributed by atoms with E-state index in [0.717, 1.165) is 5.92 Å². The molecule has 0 N–H and O–H groups in total. The lowest BCUT2D eigenvalue weighted by molar-refractivity contribution is -0.139. The first-order chi connectivity index (χ1) is 7.83. The van der Waals surface area contributed by atoms with Gasteiger partial charge < -0.3 is 14.2 Å². The van der Waals surface area contributed by atoms with Crippen LogP contribution in [0.1, 0.15) is 13.3 Å². The minimum Gasteiger partial charge on any atom is -0.376 e. The molecule has 2 aliphatic carbocycles. The minimum atomic E-state index is 0.0221. The molecular formula is C13H18O3. The summed E-state index contributed by atoms with van der Waals surface area (Å²) in [4.78, 5) is 0. The van der Waals surface area contributed by atoms with Crippen molar-refractivity contribution in [3.8, 4) is 0 Å². The largest absolute Gasteiger partial charge is 0.376 e. The Labute approximate surface area is 95.7 Å². The average Bonchev–Trinajstić information content (AvgIpc) is 2.92. The van der Waals surface area contributed by atoms with Gasteiger partial charge >= 0.3 is 0 Å². The van der Waals surface area contributed by atoms with Crippen LogP contribution in [0.5, 0.6) is 0 Å². The van der Waals surface area contributed by atoms with Crippen LogP contribution in [0.2, 0.25) is 0 Å². The van der Waals surface area contributed by atoms with E-state index in [9.17, 15) is 0 Å². The molecule has 0 radical (unpaired) electrons. The highest BCUT2D eigenvalue weighted by atomic mass is 16.8. The van der Waals surface area contributed by atoms with Crippen LogP contribution >= 0.6 is 0 Å². The summed E-state index contributed by atoms with van der Waals surface area (Å²) in [6.45, 7) is 3.77. The topological polar surface area (TPSA) is 27.7 Å². The Morgan fingerprint density at radius 1 is 1.00 bits per heavy atom. The van der Waals surface area contributed by atoms with Crippen LogP contribution in [0.3, 0.4) is 0 Å². The molecule has 1 unspecified atom stereocenters. The van der Waals surface area contributed by atoms with Crippen LogP contribution < -0.4 is 0 Å². The smallest absolute Gasteiger partial charge is 0.162 e. The van der Waals surface area contributed by atoms with Crippen LogP contribution in [-0.4, -0.2) is 31.7 Å². The molecule has 2 saturated heterocycles. The van der Waals surface area contributed by atoms with Gasteiger partial charge in [0.25, 0.3) is 0 Å². The van der Waals surface area contributed by atoms with Crippen LogP contribution in [-0.2, 0) is 14.2 Å². The van der Waals surface area contributed by atoms with E-state index in [1.165, 1.54) is 6.42 Å². The third-order valence-electron chi connectivity index (χ3n) is 4.84. The van der Waals surface area contributed by atoms with E-state index in [1.54, 1.807) is 0 Å². The number of allylic oxidation sites excluding steroid dienone is 2. The highest BCUT2D eigenvalue weighted by molar-refractivity contribution is 5.13. The molecule has 3 heteroatoms. The molecule has 0 aromatic rings. The monoisotopic (exact) mass is 222 g/mol. The second-order valence-corrected chi connectivity index (χ2v) is 5.64. The van der Waals surface area contributed by atoms with Crippen LogP contribution in [0.15, 0.2) is 12.2 Å². The van der Waals surface area contributed by atoms with Crippen molar-refractivity contribution in [2.75, 3.05) is 13.2 Å². The zero-order valence-corrected chi connectivity index (χ0v) is 9.54. The Morgan fingerprint density at radius 3 is 2.31 bits per heavy atom. The van der Waals surface area contributed by atoms with Crippen molar-refractivity contribution in [1.82, 2.24) is 0 Å². The predicted molar refractivity (Wildman–Crippen MR) is 57.7 cm³/mol. The fourth-order valence-electron chi connectivity index (χ4n) is 3.88. The molecule has 4 rings (SSSR count). The van der Waals surface area contributed by atoms with E-state index in [2.05, 4.69) is 19.1 Å². The van der Waals surface area contributed by atoms with Gasteiger partial charge in [-0.3, -0.25) is 0 Å². The van der Waals surface area contributed by atoms with E-state index >= 15 is 0 Å². The van der Waals surface area contributed by atoms with Crippen LogP contribution in [0.4, 0.5) is 0 Å². The van der Waals surface area contributed by atoms with Crippen molar-refractivity contribution in [3.63, 3.8) is 0 Å². The Bertz CT molecular complexity index is 315. The summed E-state index contributed by atoms with van der Waals surface area (Å²) >= 11 is 0. The lowest BCUT2D eigenvalue weighted by atomic mass is 9.84. The van der Waals surface area contributed by atoms with Gasteiger partial charge in [-0.25, -0.2) is 0 Å². The van der Waals surface area contributed by atoms with Crippen molar-refractivity contribution in [1.29, 1.82) is 0 Å². The van der Waals surface area contributed by atoms with Crippen molar-refractivity contribution in [3.05, 3.63) is 12.2 Å². The first-order valence-electron chi connectivity index (χ1n) is 6.40. The number of rotatable bonds is 1. The molecule has 0 aromatic carbocycles. The highest BCUT2D eigenvalue weighted by Crippen LogP contribution is 2.51. The molecule has 0 spiro atoms. The van der Waals surface area contributed by atoms with E-state index < -0.39 is 0 Å². The van der Waals surface area contributed by atoms with Gasteiger partial charge in [0.1, 0.15) is 12.2 Å². The molecular weight excluding hydrogens is 204 g/mol. The molecule has 1 saturated carbocycles. The van der Waals surface area contributed by atoms with Gasteiger partial charge in [-0.1, -0.05) is 19.1 Å². The van der Waals surface area contributed by atoms with E-state index in [0.29, 0.717) is 31.0 Å².